The van der Waals surface area contributed by atoms with Gasteiger partial charge in [0.1, 0.15) is 29.6 Å². The third-order valence-corrected chi connectivity index (χ3v) is 2.73. The zero-order valence-electron chi connectivity index (χ0n) is 10.6. The number of hydrogen-bond acceptors (Lipinski definition) is 3. The molecule has 0 amide bonds. The van der Waals surface area contributed by atoms with Gasteiger partial charge in [-0.1, -0.05) is 0 Å². The lowest BCUT2D eigenvalue weighted by molar-refractivity contribution is 0.0691. The average molecular weight is 289 g/mol. The van der Waals surface area contributed by atoms with Gasteiger partial charge in [0.15, 0.2) is 0 Å². The molecule has 0 heterocycles. The first-order valence-electron chi connectivity index (χ1n) is 5.85. The van der Waals surface area contributed by atoms with Crippen molar-refractivity contribution < 1.29 is 23.4 Å². The minimum Gasteiger partial charge on any atom is -0.488 e. The molecular weight excluding hydrogens is 280 g/mol. The third-order valence-electron chi connectivity index (χ3n) is 2.73. The van der Waals surface area contributed by atoms with Crippen molar-refractivity contribution in [1.82, 2.24) is 0 Å². The molecule has 0 spiro atoms. The second kappa shape index (κ2) is 6.01. The molecule has 21 heavy (non-hydrogen) atoms. The number of aromatic carboxylic acids is 1. The highest BCUT2D eigenvalue weighted by atomic mass is 19.1. The van der Waals surface area contributed by atoms with Crippen molar-refractivity contribution in [3.8, 4) is 11.8 Å². The Kier molecular flexibility index (Phi) is 4.14. The lowest BCUT2D eigenvalue weighted by atomic mass is 10.1. The minimum atomic E-state index is -1.35. The van der Waals surface area contributed by atoms with E-state index in [0.717, 1.165) is 24.3 Å². The molecule has 0 aliphatic carbocycles. The van der Waals surface area contributed by atoms with E-state index in [1.54, 1.807) is 0 Å². The van der Waals surface area contributed by atoms with Crippen molar-refractivity contribution in [2.45, 2.75) is 6.61 Å². The fraction of sp³-hybridized carbons (Fsp3) is 0.0667. The van der Waals surface area contributed by atoms with E-state index in [4.69, 9.17) is 15.1 Å². The Morgan fingerprint density at radius 2 is 2.00 bits per heavy atom. The minimum absolute atomic E-state index is 0.0781. The molecule has 4 nitrogen and oxygen atoms in total. The normalized spacial score (nSPS) is 9.95. The zero-order valence-corrected chi connectivity index (χ0v) is 10.6. The van der Waals surface area contributed by atoms with Gasteiger partial charge in [-0.3, -0.25) is 0 Å². The molecule has 6 heteroatoms. The van der Waals surface area contributed by atoms with Crippen molar-refractivity contribution in [1.29, 1.82) is 5.26 Å². The van der Waals surface area contributed by atoms with E-state index in [9.17, 15) is 13.6 Å². The van der Waals surface area contributed by atoms with Gasteiger partial charge < -0.3 is 9.84 Å². The molecule has 0 aromatic heterocycles. The van der Waals surface area contributed by atoms with Crippen LogP contribution in [0.4, 0.5) is 8.78 Å². The number of benzene rings is 2. The van der Waals surface area contributed by atoms with Gasteiger partial charge in [0.2, 0.25) is 0 Å². The Hall–Kier alpha value is -2.94. The second-order valence-corrected chi connectivity index (χ2v) is 4.15. The fourth-order valence-electron chi connectivity index (χ4n) is 1.71. The Balaban J connectivity index is 2.25. The number of nitriles is 1. The lowest BCUT2D eigenvalue weighted by Crippen LogP contribution is -2.05. The highest BCUT2D eigenvalue weighted by molar-refractivity contribution is 5.90. The summed E-state index contributed by atoms with van der Waals surface area (Å²) in [5, 5.41) is 17.7. The lowest BCUT2D eigenvalue weighted by Gasteiger charge is -2.10. The van der Waals surface area contributed by atoms with Crippen LogP contribution in [0.5, 0.6) is 5.75 Å². The van der Waals surface area contributed by atoms with Gasteiger partial charge in [-0.25, -0.2) is 13.6 Å². The summed E-state index contributed by atoms with van der Waals surface area (Å²) in [6.45, 7) is -0.271. The van der Waals surface area contributed by atoms with Crippen LogP contribution in [0.3, 0.4) is 0 Å². The van der Waals surface area contributed by atoms with Gasteiger partial charge in [0, 0.05) is 5.56 Å². The van der Waals surface area contributed by atoms with Crippen molar-refractivity contribution in [2.75, 3.05) is 0 Å². The molecule has 0 aliphatic rings. The highest BCUT2D eigenvalue weighted by Crippen LogP contribution is 2.22. The quantitative estimate of drug-likeness (QED) is 0.938. The number of rotatable bonds is 4. The predicted molar refractivity (Wildman–Crippen MR) is 68.8 cm³/mol. The van der Waals surface area contributed by atoms with Crippen molar-refractivity contribution >= 4 is 5.97 Å². The van der Waals surface area contributed by atoms with Gasteiger partial charge in [0.05, 0.1) is 11.6 Å². The molecule has 0 unspecified atom stereocenters. The number of ether oxygens (including phenoxy) is 1. The maximum atomic E-state index is 13.6. The van der Waals surface area contributed by atoms with Gasteiger partial charge in [-0.05, 0) is 36.4 Å². The van der Waals surface area contributed by atoms with E-state index in [0.29, 0.717) is 0 Å². The van der Waals surface area contributed by atoms with Gasteiger partial charge in [-0.15, -0.1) is 0 Å². The van der Waals surface area contributed by atoms with Crippen LogP contribution < -0.4 is 4.74 Å². The van der Waals surface area contributed by atoms with Crippen LogP contribution in [0.25, 0.3) is 0 Å². The van der Waals surface area contributed by atoms with E-state index in [2.05, 4.69) is 0 Å². The van der Waals surface area contributed by atoms with Crippen LogP contribution in [-0.4, -0.2) is 11.1 Å². The first-order chi connectivity index (χ1) is 10.0. The summed E-state index contributed by atoms with van der Waals surface area (Å²) in [7, 11) is 0. The molecule has 2 aromatic rings. The Bertz CT molecular complexity index is 738. The summed E-state index contributed by atoms with van der Waals surface area (Å²) in [6.07, 6.45) is 0. The molecular formula is C15H9F2NO3. The van der Waals surface area contributed by atoms with E-state index >= 15 is 0 Å². The van der Waals surface area contributed by atoms with Crippen molar-refractivity contribution in [3.05, 3.63) is 64.7 Å². The van der Waals surface area contributed by atoms with Crippen LogP contribution in [0.1, 0.15) is 21.5 Å². The maximum Gasteiger partial charge on any atom is 0.339 e. The molecule has 106 valence electrons. The summed E-state index contributed by atoms with van der Waals surface area (Å²) in [5.74, 6) is -2.72. The molecule has 0 fully saturated rings. The molecule has 0 aliphatic heterocycles. The molecule has 0 saturated heterocycles. The summed E-state index contributed by atoms with van der Waals surface area (Å²) in [4.78, 5) is 11.0. The highest BCUT2D eigenvalue weighted by Gasteiger charge is 2.13. The van der Waals surface area contributed by atoms with E-state index in [1.807, 2.05) is 6.07 Å². The average Bonchev–Trinajstić information content (AvgIpc) is 2.47. The smallest absolute Gasteiger partial charge is 0.339 e. The molecule has 0 atom stereocenters. The number of carbonyl (C=O) groups is 1. The Morgan fingerprint density at radius 3 is 2.67 bits per heavy atom. The molecule has 0 saturated carbocycles. The van der Waals surface area contributed by atoms with Crippen LogP contribution >= 0.6 is 0 Å². The van der Waals surface area contributed by atoms with E-state index in [-0.39, 0.29) is 29.0 Å². The monoisotopic (exact) mass is 289 g/mol. The van der Waals surface area contributed by atoms with Gasteiger partial charge in [-0.2, -0.15) is 5.26 Å². The Morgan fingerprint density at radius 1 is 1.24 bits per heavy atom. The fourth-order valence-corrected chi connectivity index (χ4v) is 1.71. The summed E-state index contributed by atoms with van der Waals surface area (Å²) >= 11 is 0. The molecule has 1 N–H and O–H groups in total. The van der Waals surface area contributed by atoms with Gasteiger partial charge in [0.25, 0.3) is 0 Å². The third kappa shape index (κ3) is 3.34. The van der Waals surface area contributed by atoms with Crippen LogP contribution in [0.2, 0.25) is 0 Å². The van der Waals surface area contributed by atoms with E-state index < -0.39 is 17.6 Å². The van der Waals surface area contributed by atoms with Crippen LogP contribution in [0.15, 0.2) is 36.4 Å². The molecule has 0 radical (unpaired) electrons. The number of nitrogens with zero attached hydrogens (tertiary/aromatic N) is 1. The summed E-state index contributed by atoms with van der Waals surface area (Å²) < 4.78 is 31.8. The summed E-state index contributed by atoms with van der Waals surface area (Å²) in [5.41, 5.74) is 0.00845. The van der Waals surface area contributed by atoms with Gasteiger partial charge >= 0.3 is 5.97 Å². The van der Waals surface area contributed by atoms with E-state index in [1.165, 1.54) is 12.1 Å². The number of carboxylic acids is 1. The van der Waals surface area contributed by atoms with Crippen LogP contribution in [-0.2, 0) is 6.61 Å². The zero-order chi connectivity index (χ0) is 15.4. The number of hydrogen-bond donors (Lipinski definition) is 1. The summed E-state index contributed by atoms with van der Waals surface area (Å²) in [6, 6.07) is 8.63. The molecule has 2 aromatic carbocycles. The number of carboxylic acid groups (broad SMARTS) is 1. The van der Waals surface area contributed by atoms with Crippen molar-refractivity contribution in [3.63, 3.8) is 0 Å². The second-order valence-electron chi connectivity index (χ2n) is 4.15. The molecule has 0 bridgehead atoms. The van der Waals surface area contributed by atoms with Crippen LogP contribution in [0, 0.1) is 23.0 Å². The SMILES string of the molecule is N#Cc1ccc(F)c(COc2ccc(F)cc2C(=O)O)c1. The first kappa shape index (κ1) is 14.5. The standard InChI is InChI=1S/C15H9F2NO3/c16-11-2-4-14(12(6-11)15(19)20)21-8-10-5-9(7-18)1-3-13(10)17/h1-6H,8H2,(H,19,20). The maximum absolute atomic E-state index is 13.6. The molecule has 2 rings (SSSR count). The van der Waals surface area contributed by atoms with Crippen molar-refractivity contribution in [2.24, 2.45) is 0 Å². The predicted octanol–water partition coefficient (Wildman–Crippen LogP) is 3.11. The largest absolute Gasteiger partial charge is 0.488 e. The Labute approximate surface area is 118 Å². The first-order valence-corrected chi connectivity index (χ1v) is 5.85. The topological polar surface area (TPSA) is 70.3 Å². The number of halogens is 2.